The van der Waals surface area contributed by atoms with Gasteiger partial charge < -0.3 is 49.0 Å². The van der Waals surface area contributed by atoms with Crippen molar-refractivity contribution < 1.29 is 42.9 Å². The van der Waals surface area contributed by atoms with Crippen LogP contribution in [0.15, 0.2) is 134 Å². The van der Waals surface area contributed by atoms with E-state index in [2.05, 4.69) is 51.2 Å². The predicted molar refractivity (Wildman–Crippen MR) is 283 cm³/mol. The summed E-state index contributed by atoms with van der Waals surface area (Å²) in [5.41, 5.74) is 2.94. The highest BCUT2D eigenvalue weighted by atomic mass is 16.5. The van der Waals surface area contributed by atoms with Crippen molar-refractivity contribution in [3.05, 3.63) is 151 Å². The lowest BCUT2D eigenvalue weighted by molar-refractivity contribution is -0.121. The number of likely N-dealkylation sites (N-methyl/N-ethyl adjacent to an activating group) is 2. The van der Waals surface area contributed by atoms with Crippen molar-refractivity contribution in [2.75, 3.05) is 61.7 Å². The summed E-state index contributed by atoms with van der Waals surface area (Å²) >= 11 is 0. The number of nitrogens with one attached hydrogen (secondary N) is 2. The van der Waals surface area contributed by atoms with E-state index in [1.54, 1.807) is 32.3 Å². The first-order valence-corrected chi connectivity index (χ1v) is 25.3. The predicted octanol–water partition coefficient (Wildman–Crippen LogP) is 8.60. The van der Waals surface area contributed by atoms with Gasteiger partial charge in [-0.3, -0.25) is 29.1 Å². The number of rotatable bonds is 11. The molecule has 4 aromatic carbocycles. The Hall–Kier alpha value is -8.42. The molecule has 3 atom stereocenters. The van der Waals surface area contributed by atoms with E-state index in [0.29, 0.717) is 52.5 Å². The standard InChI is InChI=1S/C59H59N7O9/c1-58(2,22-19-39-15-18-52-51(31-39)65(4)57(70)48(37-72-52)62-54(67)46-33-43(20-26-60-46)74-41-11-7-5-8-12-41)35-45-36-59(25-30-71-45)23-28-66(29-24-59)40-16-17-50-53(32-40)73-38-49(56(69)64(50)3)63-55(68)47-34-44(21-27-61-47)75-42-13-9-6-10-14-42/h5-18,20-21,26-27,31-34,45,48-49H,23-25,28-30,35-38H2,1-4H3,(H,62,67)(H,63,68)/t45?,48-,49-/m1/s1. The number of benzene rings is 4. The number of amides is 4. The Morgan fingerprint density at radius 1 is 0.680 bits per heavy atom. The molecule has 0 radical (unpaired) electrons. The molecular weight excluding hydrogens is 951 g/mol. The van der Waals surface area contributed by atoms with Gasteiger partial charge in [0.15, 0.2) is 0 Å². The Balaban J connectivity index is 0.717. The van der Waals surface area contributed by atoms with Crippen LogP contribution in [-0.2, 0) is 14.3 Å². The van der Waals surface area contributed by atoms with Crippen molar-refractivity contribution in [1.29, 1.82) is 0 Å². The Morgan fingerprint density at radius 2 is 1.25 bits per heavy atom. The molecule has 10 rings (SSSR count). The molecule has 4 amide bonds. The van der Waals surface area contributed by atoms with E-state index in [1.807, 2.05) is 97.1 Å². The zero-order valence-corrected chi connectivity index (χ0v) is 42.4. The zero-order chi connectivity index (χ0) is 52.1. The zero-order valence-electron chi connectivity index (χ0n) is 42.4. The maximum absolute atomic E-state index is 13.7. The fourth-order valence-electron chi connectivity index (χ4n) is 10.2. The molecule has 1 spiro atoms. The van der Waals surface area contributed by atoms with Crippen LogP contribution in [-0.4, -0.2) is 98.8 Å². The van der Waals surface area contributed by atoms with Crippen molar-refractivity contribution in [2.24, 2.45) is 10.8 Å². The molecular formula is C59H59N7O9. The number of para-hydroxylation sites is 2. The van der Waals surface area contributed by atoms with E-state index >= 15 is 0 Å². The summed E-state index contributed by atoms with van der Waals surface area (Å²) in [6.07, 6.45) is 7.76. The first-order chi connectivity index (χ1) is 36.3. The van der Waals surface area contributed by atoms with Crippen LogP contribution in [0.3, 0.4) is 0 Å². The molecule has 1 unspecified atom stereocenters. The SMILES string of the molecule is CN1C(=O)[C@H](NC(=O)c2cc(Oc3ccccc3)ccn2)COc2cc(N3CCC4(CCOC(CC(C)(C)C#Cc5ccc6c(c5)N(C)C(=O)[C@H](NC(=O)c5cc(Oc7ccccc7)ccn5)CO6)C4)CC3)ccc21. The highest BCUT2D eigenvalue weighted by molar-refractivity contribution is 6.04. The van der Waals surface area contributed by atoms with Crippen LogP contribution in [0.25, 0.3) is 0 Å². The Kier molecular flexibility index (Phi) is 14.4. The summed E-state index contributed by atoms with van der Waals surface area (Å²) in [7, 11) is 3.35. The average Bonchev–Trinajstić information content (AvgIpc) is 3.61. The van der Waals surface area contributed by atoms with Gasteiger partial charge in [-0.2, -0.15) is 0 Å². The molecule has 384 valence electrons. The van der Waals surface area contributed by atoms with Crippen LogP contribution in [0, 0.1) is 22.7 Å². The van der Waals surface area contributed by atoms with E-state index in [-0.39, 0.29) is 53.3 Å². The van der Waals surface area contributed by atoms with Gasteiger partial charge in [-0.15, -0.1) is 0 Å². The van der Waals surface area contributed by atoms with Crippen LogP contribution in [0.1, 0.15) is 72.5 Å². The molecule has 2 fully saturated rings. The fourth-order valence-corrected chi connectivity index (χ4v) is 10.2. The summed E-state index contributed by atoms with van der Waals surface area (Å²) in [4.78, 5) is 68.0. The lowest BCUT2D eigenvalue weighted by Crippen LogP contribution is -2.49. The number of hydrogen-bond donors (Lipinski definition) is 2. The lowest BCUT2D eigenvalue weighted by atomic mass is 9.69. The van der Waals surface area contributed by atoms with Gasteiger partial charge in [0.05, 0.1) is 17.5 Å². The van der Waals surface area contributed by atoms with Crippen LogP contribution in [0.5, 0.6) is 34.5 Å². The maximum Gasteiger partial charge on any atom is 0.270 e. The molecule has 2 aromatic heterocycles. The van der Waals surface area contributed by atoms with Crippen molar-refractivity contribution in [2.45, 2.75) is 64.1 Å². The molecule has 2 saturated heterocycles. The monoisotopic (exact) mass is 1010 g/mol. The smallest absolute Gasteiger partial charge is 0.270 e. The van der Waals surface area contributed by atoms with Crippen LogP contribution in [0.4, 0.5) is 17.1 Å². The number of nitrogens with zero attached hydrogens (tertiary/aromatic N) is 5. The van der Waals surface area contributed by atoms with Crippen molar-refractivity contribution >= 4 is 40.7 Å². The minimum absolute atomic E-state index is 0.0389. The Bertz CT molecular complexity index is 3150. The summed E-state index contributed by atoms with van der Waals surface area (Å²) < 4.78 is 30.5. The van der Waals surface area contributed by atoms with Gasteiger partial charge in [-0.25, -0.2) is 0 Å². The summed E-state index contributed by atoms with van der Waals surface area (Å²) in [6.45, 7) is 6.61. The van der Waals surface area contributed by atoms with Gasteiger partial charge in [0.2, 0.25) is 0 Å². The largest absolute Gasteiger partial charge is 0.489 e. The van der Waals surface area contributed by atoms with Crippen molar-refractivity contribution in [1.82, 2.24) is 20.6 Å². The van der Waals surface area contributed by atoms with Crippen molar-refractivity contribution in [3.8, 4) is 46.3 Å². The highest BCUT2D eigenvalue weighted by Gasteiger charge is 2.41. The topological polar surface area (TPSA) is 174 Å². The second kappa shape index (κ2) is 21.6. The Labute approximate surface area is 436 Å². The van der Waals surface area contributed by atoms with Gasteiger partial charge in [0.25, 0.3) is 23.6 Å². The minimum Gasteiger partial charge on any atom is -0.489 e. The van der Waals surface area contributed by atoms with Gasteiger partial charge in [0, 0.05) is 81.1 Å². The quantitative estimate of drug-likeness (QED) is 0.119. The summed E-state index contributed by atoms with van der Waals surface area (Å²) in [6, 6.07) is 34.5. The molecule has 2 N–H and O–H groups in total. The first kappa shape index (κ1) is 50.1. The number of pyridine rings is 2. The van der Waals surface area contributed by atoms with E-state index in [0.717, 1.165) is 56.4 Å². The highest BCUT2D eigenvalue weighted by Crippen LogP contribution is 2.46. The molecule has 75 heavy (non-hydrogen) atoms. The van der Waals surface area contributed by atoms with Gasteiger partial charge in [0.1, 0.15) is 71.2 Å². The number of aromatic nitrogens is 2. The van der Waals surface area contributed by atoms with Gasteiger partial charge >= 0.3 is 0 Å². The number of hydrogen-bond acceptors (Lipinski definition) is 12. The van der Waals surface area contributed by atoms with E-state index < -0.39 is 23.9 Å². The third-order valence-corrected chi connectivity index (χ3v) is 14.3. The lowest BCUT2D eigenvalue weighted by Gasteiger charge is -2.47. The molecule has 4 aliphatic heterocycles. The molecule has 6 aromatic rings. The number of carbonyl (C=O) groups excluding carboxylic acids is 4. The molecule has 4 aliphatic rings. The maximum atomic E-state index is 13.7. The van der Waals surface area contributed by atoms with Gasteiger partial charge in [-0.05, 0) is 118 Å². The van der Waals surface area contributed by atoms with Crippen LogP contribution in [0.2, 0.25) is 0 Å². The number of ether oxygens (including phenoxy) is 5. The Morgan fingerprint density at radius 3 is 1.85 bits per heavy atom. The van der Waals surface area contributed by atoms with Crippen LogP contribution >= 0.6 is 0 Å². The number of anilines is 3. The molecule has 16 nitrogen and oxygen atoms in total. The number of piperidine rings is 1. The second-order valence-corrected chi connectivity index (χ2v) is 20.2. The third-order valence-electron chi connectivity index (χ3n) is 14.3. The van der Waals surface area contributed by atoms with Crippen LogP contribution < -0.4 is 44.3 Å². The van der Waals surface area contributed by atoms with Crippen molar-refractivity contribution in [3.63, 3.8) is 0 Å². The second-order valence-electron chi connectivity index (χ2n) is 20.2. The first-order valence-electron chi connectivity index (χ1n) is 25.3. The molecule has 16 heteroatoms. The van der Waals surface area contributed by atoms with E-state index in [9.17, 15) is 19.2 Å². The normalized spacial score (nSPS) is 19.1. The minimum atomic E-state index is -0.957. The van der Waals surface area contributed by atoms with Gasteiger partial charge in [-0.1, -0.05) is 48.2 Å². The number of fused-ring (bicyclic) bond motifs is 2. The molecule has 0 bridgehead atoms. The average molecular weight is 1010 g/mol. The third kappa shape index (κ3) is 11.7. The molecule has 6 heterocycles. The van der Waals surface area contributed by atoms with E-state index in [1.165, 1.54) is 28.3 Å². The summed E-state index contributed by atoms with van der Waals surface area (Å²) in [5, 5.41) is 5.62. The molecule has 0 aliphatic carbocycles. The molecule has 0 saturated carbocycles. The number of carbonyl (C=O) groups is 4. The fraction of sp³-hybridized carbons (Fsp3) is 0.322. The van der Waals surface area contributed by atoms with E-state index in [4.69, 9.17) is 23.7 Å². The summed E-state index contributed by atoms with van der Waals surface area (Å²) in [5.74, 6) is 8.44.